The number of carbonyl (C=O) groups is 2. The van der Waals surface area contributed by atoms with Crippen LogP contribution >= 0.6 is 0 Å². The normalized spacial score (nSPS) is 10.9. The average molecular weight is 252 g/mol. The smallest absolute Gasteiger partial charge is 0.269 e. The van der Waals surface area contributed by atoms with Gasteiger partial charge in [0.05, 0.1) is 4.92 Å². The number of rotatable bonds is 5. The monoisotopic (exact) mass is 252 g/mol. The van der Waals surface area contributed by atoms with Gasteiger partial charge < -0.3 is 17.2 Å². The van der Waals surface area contributed by atoms with Gasteiger partial charge in [-0.3, -0.25) is 19.7 Å². The third-order valence-electron chi connectivity index (χ3n) is 2.51. The molecule has 0 bridgehead atoms. The van der Waals surface area contributed by atoms with Crippen molar-refractivity contribution in [1.29, 1.82) is 0 Å². The molecule has 0 saturated carbocycles. The number of hydrogen-bond donors (Lipinski definition) is 3. The molecule has 0 aliphatic carbocycles. The summed E-state index contributed by atoms with van der Waals surface area (Å²) in [5.41, 5.74) is 13.9. The predicted octanol–water partition coefficient (Wildman–Crippen LogP) is -1.19. The van der Waals surface area contributed by atoms with Crippen LogP contribution in [0.5, 0.6) is 0 Å². The highest BCUT2D eigenvalue weighted by Gasteiger charge is 2.38. The van der Waals surface area contributed by atoms with Crippen molar-refractivity contribution >= 4 is 17.5 Å². The molecule has 0 radical (unpaired) electrons. The minimum atomic E-state index is -2.00. The molecule has 6 N–H and O–H groups in total. The van der Waals surface area contributed by atoms with Gasteiger partial charge in [-0.1, -0.05) is 12.1 Å². The highest BCUT2D eigenvalue weighted by molar-refractivity contribution is 6.08. The van der Waals surface area contributed by atoms with Gasteiger partial charge in [-0.2, -0.15) is 0 Å². The summed E-state index contributed by atoms with van der Waals surface area (Å²) < 4.78 is 0. The fourth-order valence-corrected chi connectivity index (χ4v) is 1.35. The number of non-ortho nitro benzene ring substituents is 1. The maximum atomic E-state index is 11.1. The first kappa shape index (κ1) is 13.6. The molecule has 0 aliphatic heterocycles. The maximum Gasteiger partial charge on any atom is 0.269 e. The molecule has 8 heteroatoms. The standard InChI is InChI=1S/C10H12N4O4/c11-8(15)10(13,9(12)16)5-6-1-3-7(4-2-6)14(17)18/h1-4H,5,13H2,(H2,11,15)(H2,12,16). The fourth-order valence-electron chi connectivity index (χ4n) is 1.35. The molecule has 0 heterocycles. The zero-order valence-corrected chi connectivity index (χ0v) is 9.33. The highest BCUT2D eigenvalue weighted by atomic mass is 16.6. The van der Waals surface area contributed by atoms with Crippen molar-refractivity contribution in [1.82, 2.24) is 0 Å². The molecule has 8 nitrogen and oxygen atoms in total. The molecule has 18 heavy (non-hydrogen) atoms. The van der Waals surface area contributed by atoms with E-state index in [0.29, 0.717) is 5.56 Å². The van der Waals surface area contributed by atoms with Crippen molar-refractivity contribution in [2.45, 2.75) is 12.0 Å². The summed E-state index contributed by atoms with van der Waals surface area (Å²) in [4.78, 5) is 32.1. The summed E-state index contributed by atoms with van der Waals surface area (Å²) in [6, 6.07) is 5.23. The molecule has 1 aromatic carbocycles. The summed E-state index contributed by atoms with van der Waals surface area (Å²) in [6.45, 7) is 0. The lowest BCUT2D eigenvalue weighted by Gasteiger charge is -2.21. The van der Waals surface area contributed by atoms with Crippen LogP contribution in [0.15, 0.2) is 24.3 Å². The number of hydrogen-bond acceptors (Lipinski definition) is 5. The molecule has 0 spiro atoms. The number of amides is 2. The van der Waals surface area contributed by atoms with Crippen LogP contribution in [-0.2, 0) is 16.0 Å². The molecule has 0 unspecified atom stereocenters. The quantitative estimate of drug-likeness (QED) is 0.341. The van der Waals surface area contributed by atoms with E-state index in [1.807, 2.05) is 0 Å². The first-order chi connectivity index (χ1) is 8.27. The van der Waals surface area contributed by atoms with Crippen LogP contribution in [0.3, 0.4) is 0 Å². The van der Waals surface area contributed by atoms with Gasteiger partial charge in [0.15, 0.2) is 5.54 Å². The second kappa shape index (κ2) is 4.80. The van der Waals surface area contributed by atoms with Gasteiger partial charge in [0.1, 0.15) is 0 Å². The van der Waals surface area contributed by atoms with Crippen LogP contribution in [-0.4, -0.2) is 22.3 Å². The molecule has 0 atom stereocenters. The molecule has 0 aliphatic rings. The van der Waals surface area contributed by atoms with Crippen LogP contribution in [0.25, 0.3) is 0 Å². The van der Waals surface area contributed by atoms with E-state index in [9.17, 15) is 19.7 Å². The van der Waals surface area contributed by atoms with Crippen LogP contribution < -0.4 is 17.2 Å². The summed E-state index contributed by atoms with van der Waals surface area (Å²) in [5.74, 6) is -2.10. The predicted molar refractivity (Wildman–Crippen MR) is 62.1 cm³/mol. The van der Waals surface area contributed by atoms with Crippen molar-refractivity contribution < 1.29 is 14.5 Å². The lowest BCUT2D eigenvalue weighted by molar-refractivity contribution is -0.384. The van der Waals surface area contributed by atoms with E-state index in [4.69, 9.17) is 17.2 Å². The maximum absolute atomic E-state index is 11.1. The van der Waals surface area contributed by atoms with Gasteiger partial charge in [-0.15, -0.1) is 0 Å². The number of carbonyl (C=O) groups excluding carboxylic acids is 2. The van der Waals surface area contributed by atoms with E-state index in [2.05, 4.69) is 0 Å². The van der Waals surface area contributed by atoms with Crippen LogP contribution in [0.1, 0.15) is 5.56 Å². The first-order valence-corrected chi connectivity index (χ1v) is 4.89. The Balaban J connectivity index is 2.99. The molecule has 0 fully saturated rings. The van der Waals surface area contributed by atoms with Crippen molar-refractivity contribution in [2.24, 2.45) is 17.2 Å². The van der Waals surface area contributed by atoms with E-state index < -0.39 is 22.3 Å². The molecule has 0 aromatic heterocycles. The molecule has 0 saturated heterocycles. The van der Waals surface area contributed by atoms with Gasteiger partial charge in [0.2, 0.25) is 11.8 Å². The first-order valence-electron chi connectivity index (χ1n) is 4.89. The van der Waals surface area contributed by atoms with E-state index in [1.165, 1.54) is 24.3 Å². The SMILES string of the molecule is NC(=O)C(N)(Cc1ccc([N+](=O)[O-])cc1)C(N)=O. The second-order valence-electron chi connectivity index (χ2n) is 3.80. The third kappa shape index (κ3) is 2.61. The molecular formula is C10H12N4O4. The van der Waals surface area contributed by atoms with Crippen molar-refractivity contribution in [3.8, 4) is 0 Å². The number of nitro groups is 1. The zero-order valence-electron chi connectivity index (χ0n) is 9.33. The summed E-state index contributed by atoms with van der Waals surface area (Å²) in [7, 11) is 0. The summed E-state index contributed by atoms with van der Waals surface area (Å²) in [6.07, 6.45) is -0.213. The summed E-state index contributed by atoms with van der Waals surface area (Å²) in [5, 5.41) is 10.4. The highest BCUT2D eigenvalue weighted by Crippen LogP contribution is 2.16. The van der Waals surface area contributed by atoms with Gasteiger partial charge in [0, 0.05) is 18.6 Å². The van der Waals surface area contributed by atoms with Gasteiger partial charge in [0.25, 0.3) is 5.69 Å². The Morgan fingerprint density at radius 1 is 1.17 bits per heavy atom. The lowest BCUT2D eigenvalue weighted by atomic mass is 9.90. The van der Waals surface area contributed by atoms with Gasteiger partial charge in [-0.25, -0.2) is 0 Å². The number of primary amides is 2. The Morgan fingerprint density at radius 3 is 1.94 bits per heavy atom. The Kier molecular flexibility index (Phi) is 3.62. The second-order valence-corrected chi connectivity index (χ2v) is 3.80. The zero-order chi connectivity index (χ0) is 13.9. The average Bonchev–Trinajstić information content (AvgIpc) is 2.29. The van der Waals surface area contributed by atoms with Gasteiger partial charge >= 0.3 is 0 Å². The van der Waals surface area contributed by atoms with E-state index >= 15 is 0 Å². The molecule has 96 valence electrons. The number of nitrogens with zero attached hydrogens (tertiary/aromatic N) is 1. The van der Waals surface area contributed by atoms with Crippen molar-refractivity contribution in [3.63, 3.8) is 0 Å². The van der Waals surface area contributed by atoms with Gasteiger partial charge in [-0.05, 0) is 5.56 Å². The number of nitro benzene ring substituents is 1. The molecule has 2 amide bonds. The van der Waals surface area contributed by atoms with Crippen LogP contribution in [0.2, 0.25) is 0 Å². The molecule has 1 aromatic rings. The molecular weight excluding hydrogens is 240 g/mol. The number of benzene rings is 1. The fraction of sp³-hybridized carbons (Fsp3) is 0.200. The largest absolute Gasteiger partial charge is 0.368 e. The topological polar surface area (TPSA) is 155 Å². The number of nitrogens with two attached hydrogens (primary N) is 3. The Bertz CT molecular complexity index is 483. The third-order valence-corrected chi connectivity index (χ3v) is 2.51. The molecule has 1 rings (SSSR count). The Hall–Kier alpha value is -2.48. The van der Waals surface area contributed by atoms with Crippen LogP contribution in [0.4, 0.5) is 5.69 Å². The minimum absolute atomic E-state index is 0.112. The minimum Gasteiger partial charge on any atom is -0.368 e. The van der Waals surface area contributed by atoms with E-state index in [1.54, 1.807) is 0 Å². The Morgan fingerprint density at radius 2 is 1.61 bits per heavy atom. The van der Waals surface area contributed by atoms with Crippen LogP contribution in [0, 0.1) is 10.1 Å². The van der Waals surface area contributed by atoms with Crippen molar-refractivity contribution in [2.75, 3.05) is 0 Å². The lowest BCUT2D eigenvalue weighted by Crippen LogP contribution is -2.62. The van der Waals surface area contributed by atoms with Crippen molar-refractivity contribution in [3.05, 3.63) is 39.9 Å². The Labute approximate surface area is 102 Å². The van der Waals surface area contributed by atoms with E-state index in [0.717, 1.165) is 0 Å². The van der Waals surface area contributed by atoms with E-state index in [-0.39, 0.29) is 12.1 Å². The summed E-state index contributed by atoms with van der Waals surface area (Å²) >= 11 is 0.